The normalized spacial score (nSPS) is 10.3. The molecule has 1 aromatic carbocycles. The van der Waals surface area contributed by atoms with E-state index in [0.717, 1.165) is 6.07 Å². The van der Waals surface area contributed by atoms with Crippen molar-refractivity contribution < 1.29 is 23.9 Å². The summed E-state index contributed by atoms with van der Waals surface area (Å²) < 4.78 is 12.9. The van der Waals surface area contributed by atoms with Gasteiger partial charge in [-0.2, -0.15) is 0 Å². The van der Waals surface area contributed by atoms with Crippen molar-refractivity contribution in [2.24, 2.45) is 0 Å². The van der Waals surface area contributed by atoms with E-state index in [0.29, 0.717) is 17.7 Å². The number of benzene rings is 1. The first-order chi connectivity index (χ1) is 9.38. The maximum absolute atomic E-state index is 12.9. The fourth-order valence-corrected chi connectivity index (χ4v) is 1.38. The third-order valence-corrected chi connectivity index (χ3v) is 2.34. The second-order valence-electron chi connectivity index (χ2n) is 3.59. The molecular formula is C12H10ClFN2O4. The van der Waals surface area contributed by atoms with Gasteiger partial charge in [-0.25, -0.2) is 14.0 Å². The Balaban J connectivity index is 2.45. The minimum absolute atomic E-state index is 0.0295. The van der Waals surface area contributed by atoms with Crippen LogP contribution in [0.4, 0.5) is 9.18 Å². The lowest BCUT2D eigenvalue weighted by Gasteiger charge is -2.06. The number of aliphatic carboxylic acids is 1. The SMILES string of the molecule is O=C(O)C=CC(=O)NC(=O)NCc1ccc(F)c(Cl)c1. The zero-order valence-electron chi connectivity index (χ0n) is 10.0. The van der Waals surface area contributed by atoms with Crippen LogP contribution < -0.4 is 10.6 Å². The van der Waals surface area contributed by atoms with Crippen LogP contribution >= 0.6 is 11.6 Å². The van der Waals surface area contributed by atoms with Crippen molar-refractivity contribution in [1.82, 2.24) is 10.6 Å². The molecule has 0 aromatic heterocycles. The molecule has 0 aliphatic rings. The Labute approximate surface area is 118 Å². The summed E-state index contributed by atoms with van der Waals surface area (Å²) in [5, 5.41) is 12.4. The van der Waals surface area contributed by atoms with Gasteiger partial charge in [0.2, 0.25) is 0 Å². The molecule has 0 bridgehead atoms. The maximum Gasteiger partial charge on any atom is 0.328 e. The van der Waals surface area contributed by atoms with Crippen LogP contribution in [-0.4, -0.2) is 23.0 Å². The highest BCUT2D eigenvalue weighted by atomic mass is 35.5. The van der Waals surface area contributed by atoms with Crippen molar-refractivity contribution in [2.75, 3.05) is 0 Å². The van der Waals surface area contributed by atoms with Gasteiger partial charge in [-0.3, -0.25) is 10.1 Å². The number of hydrogen-bond donors (Lipinski definition) is 3. The Morgan fingerprint density at radius 1 is 1.30 bits per heavy atom. The molecule has 0 radical (unpaired) electrons. The van der Waals surface area contributed by atoms with Gasteiger partial charge in [0.1, 0.15) is 5.82 Å². The number of urea groups is 1. The van der Waals surface area contributed by atoms with E-state index in [9.17, 15) is 18.8 Å². The van der Waals surface area contributed by atoms with Crippen molar-refractivity contribution in [3.8, 4) is 0 Å². The van der Waals surface area contributed by atoms with Gasteiger partial charge in [0.15, 0.2) is 0 Å². The Bertz CT molecular complexity index is 575. The van der Waals surface area contributed by atoms with E-state index in [1.165, 1.54) is 12.1 Å². The molecule has 106 valence electrons. The molecule has 1 aromatic rings. The van der Waals surface area contributed by atoms with Crippen LogP contribution in [0.5, 0.6) is 0 Å². The van der Waals surface area contributed by atoms with E-state index in [1.807, 2.05) is 5.32 Å². The van der Waals surface area contributed by atoms with Gasteiger partial charge in [0.05, 0.1) is 5.02 Å². The van der Waals surface area contributed by atoms with Gasteiger partial charge >= 0.3 is 12.0 Å². The molecule has 3 amide bonds. The quantitative estimate of drug-likeness (QED) is 0.733. The summed E-state index contributed by atoms with van der Waals surface area (Å²) in [4.78, 5) is 32.5. The van der Waals surface area contributed by atoms with Gasteiger partial charge < -0.3 is 10.4 Å². The van der Waals surface area contributed by atoms with E-state index in [1.54, 1.807) is 0 Å². The average molecular weight is 301 g/mol. The molecule has 1 rings (SSSR count). The first-order valence-corrected chi connectivity index (χ1v) is 5.70. The van der Waals surface area contributed by atoms with E-state index in [2.05, 4.69) is 5.32 Å². The molecule has 0 aliphatic heterocycles. The van der Waals surface area contributed by atoms with Gasteiger partial charge in [-0.1, -0.05) is 17.7 Å². The molecule has 0 unspecified atom stereocenters. The van der Waals surface area contributed by atoms with Gasteiger partial charge in [0, 0.05) is 18.7 Å². The van der Waals surface area contributed by atoms with Crippen molar-refractivity contribution in [1.29, 1.82) is 0 Å². The third-order valence-electron chi connectivity index (χ3n) is 2.05. The minimum atomic E-state index is -1.30. The summed E-state index contributed by atoms with van der Waals surface area (Å²) in [6.45, 7) is 0.0295. The summed E-state index contributed by atoms with van der Waals surface area (Å²) in [6, 6.07) is 3.10. The fraction of sp³-hybridized carbons (Fsp3) is 0.0833. The number of carboxylic acids is 1. The monoisotopic (exact) mass is 300 g/mol. The number of imide groups is 1. The number of halogens is 2. The van der Waals surface area contributed by atoms with E-state index >= 15 is 0 Å². The van der Waals surface area contributed by atoms with Crippen LogP contribution in [0.3, 0.4) is 0 Å². The van der Waals surface area contributed by atoms with Gasteiger partial charge in [-0.15, -0.1) is 0 Å². The Hall–Kier alpha value is -2.41. The number of nitrogens with one attached hydrogen (secondary N) is 2. The smallest absolute Gasteiger partial charge is 0.328 e. The lowest BCUT2D eigenvalue weighted by atomic mass is 10.2. The second-order valence-corrected chi connectivity index (χ2v) is 4.00. The maximum atomic E-state index is 12.9. The number of carboxylic acid groups (broad SMARTS) is 1. The minimum Gasteiger partial charge on any atom is -0.478 e. The van der Waals surface area contributed by atoms with Gasteiger partial charge in [-0.05, 0) is 17.7 Å². The molecule has 0 saturated heterocycles. The van der Waals surface area contributed by atoms with Crippen LogP contribution in [0.25, 0.3) is 0 Å². The Morgan fingerprint density at radius 3 is 2.60 bits per heavy atom. The molecule has 8 heteroatoms. The van der Waals surface area contributed by atoms with Gasteiger partial charge in [0.25, 0.3) is 5.91 Å². The number of carbonyl (C=O) groups excluding carboxylic acids is 2. The Kier molecular flexibility index (Phi) is 5.67. The molecule has 3 N–H and O–H groups in total. The zero-order valence-corrected chi connectivity index (χ0v) is 10.8. The molecule has 0 spiro atoms. The summed E-state index contributed by atoms with van der Waals surface area (Å²) in [7, 11) is 0. The highest BCUT2D eigenvalue weighted by Crippen LogP contribution is 2.15. The van der Waals surface area contributed by atoms with Crippen LogP contribution in [-0.2, 0) is 16.1 Å². The molecule has 0 aliphatic carbocycles. The standard InChI is InChI=1S/C12H10ClFN2O4/c13-8-5-7(1-2-9(8)14)6-15-12(20)16-10(17)3-4-11(18)19/h1-5H,6H2,(H,18,19)(H2,15,16,17,20). The molecule has 0 atom stereocenters. The molecule has 0 saturated carbocycles. The second kappa shape index (κ2) is 7.25. The number of hydrogen-bond acceptors (Lipinski definition) is 3. The molecule has 0 heterocycles. The topological polar surface area (TPSA) is 95.5 Å². The third kappa shape index (κ3) is 5.49. The summed E-state index contributed by atoms with van der Waals surface area (Å²) in [5.41, 5.74) is 0.542. The van der Waals surface area contributed by atoms with E-state index in [-0.39, 0.29) is 11.6 Å². The van der Waals surface area contributed by atoms with E-state index < -0.39 is 23.7 Å². The molecule has 20 heavy (non-hydrogen) atoms. The largest absolute Gasteiger partial charge is 0.478 e. The first kappa shape index (κ1) is 15.6. The number of carbonyl (C=O) groups is 3. The lowest BCUT2D eigenvalue weighted by molar-refractivity contribution is -0.131. The lowest BCUT2D eigenvalue weighted by Crippen LogP contribution is -2.38. The highest BCUT2D eigenvalue weighted by molar-refractivity contribution is 6.30. The predicted molar refractivity (Wildman–Crippen MR) is 68.6 cm³/mol. The first-order valence-electron chi connectivity index (χ1n) is 5.32. The average Bonchev–Trinajstić information content (AvgIpc) is 2.38. The molecular weight excluding hydrogens is 291 g/mol. The fourth-order valence-electron chi connectivity index (χ4n) is 1.18. The van der Waals surface area contributed by atoms with Crippen LogP contribution in [0.2, 0.25) is 5.02 Å². The van der Waals surface area contributed by atoms with Crippen molar-refractivity contribution in [2.45, 2.75) is 6.54 Å². The molecule has 0 fully saturated rings. The summed E-state index contributed by atoms with van der Waals surface area (Å²) >= 11 is 5.56. The van der Waals surface area contributed by atoms with Crippen molar-refractivity contribution >= 4 is 29.5 Å². The van der Waals surface area contributed by atoms with Crippen LogP contribution in [0.15, 0.2) is 30.4 Å². The number of amides is 3. The Morgan fingerprint density at radius 2 is 2.00 bits per heavy atom. The van der Waals surface area contributed by atoms with E-state index in [4.69, 9.17) is 16.7 Å². The van der Waals surface area contributed by atoms with Crippen LogP contribution in [0.1, 0.15) is 5.56 Å². The predicted octanol–water partition coefficient (Wildman–Crippen LogP) is 1.45. The number of rotatable bonds is 4. The highest BCUT2D eigenvalue weighted by Gasteiger charge is 2.06. The van der Waals surface area contributed by atoms with Crippen molar-refractivity contribution in [3.05, 3.63) is 46.8 Å². The summed E-state index contributed by atoms with van der Waals surface area (Å²) in [6.07, 6.45) is 1.30. The van der Waals surface area contributed by atoms with Crippen LogP contribution in [0, 0.1) is 5.82 Å². The van der Waals surface area contributed by atoms with Crippen molar-refractivity contribution in [3.63, 3.8) is 0 Å². The zero-order chi connectivity index (χ0) is 15.1. The molecule has 6 nitrogen and oxygen atoms in total. The summed E-state index contributed by atoms with van der Waals surface area (Å²) in [5.74, 6) is -2.75.